The maximum Gasteiger partial charge on any atom is 0.249 e. The Kier molecular flexibility index (Phi) is 1.94. The zero-order valence-electron chi connectivity index (χ0n) is 8.70. The number of carbonyl (C=O) groups excluding carboxylic acids is 1. The van der Waals surface area contributed by atoms with Crippen molar-refractivity contribution in [2.75, 3.05) is 0 Å². The molecule has 2 aliphatic heterocycles. The van der Waals surface area contributed by atoms with Gasteiger partial charge in [0, 0.05) is 10.6 Å². The lowest BCUT2D eigenvalue weighted by molar-refractivity contribution is -0.121. The first-order valence-corrected chi connectivity index (χ1v) is 5.48. The number of nitrogens with zero attached hydrogens (tertiary/aromatic N) is 2. The van der Waals surface area contributed by atoms with E-state index in [9.17, 15) is 4.79 Å². The van der Waals surface area contributed by atoms with E-state index in [-0.39, 0.29) is 11.9 Å². The van der Waals surface area contributed by atoms with E-state index >= 15 is 0 Å². The average molecular weight is 236 g/mol. The fraction of sp³-hybridized carbons (Fsp3) is 0.273. The maximum atomic E-state index is 11.5. The number of carbonyl (C=O) groups is 1. The molecule has 0 radical (unpaired) electrons. The van der Waals surface area contributed by atoms with E-state index in [0.29, 0.717) is 17.5 Å². The summed E-state index contributed by atoms with van der Waals surface area (Å²) in [6.45, 7) is 2.49. The minimum atomic E-state index is -0.178. The van der Waals surface area contributed by atoms with E-state index in [0.717, 1.165) is 11.3 Å². The predicted molar refractivity (Wildman–Crippen MR) is 61.7 cm³/mol. The molecule has 2 heterocycles. The minimum absolute atomic E-state index is 0.0114. The van der Waals surface area contributed by atoms with Gasteiger partial charge in [-0.3, -0.25) is 10.1 Å². The molecule has 0 unspecified atom stereocenters. The molecule has 1 saturated heterocycles. The number of hydrogen-bond donors (Lipinski definition) is 1. The molecule has 16 heavy (non-hydrogen) atoms. The summed E-state index contributed by atoms with van der Waals surface area (Å²) in [5.74, 6) is 0.620. The van der Waals surface area contributed by atoms with Crippen LogP contribution in [0.2, 0.25) is 5.02 Å². The zero-order chi connectivity index (χ0) is 11.3. The normalized spacial score (nSPS) is 22.4. The number of hydrogen-bond acceptors (Lipinski definition) is 3. The average Bonchev–Trinajstić information content (AvgIpc) is 2.53. The van der Waals surface area contributed by atoms with Crippen LogP contribution in [-0.4, -0.2) is 22.8 Å². The molecule has 3 rings (SSSR count). The Hall–Kier alpha value is -1.55. The first-order valence-electron chi connectivity index (χ1n) is 5.10. The summed E-state index contributed by atoms with van der Waals surface area (Å²) in [4.78, 5) is 17.8. The van der Waals surface area contributed by atoms with Gasteiger partial charge in [-0.25, -0.2) is 4.99 Å². The third-order valence-electron chi connectivity index (χ3n) is 3.00. The molecule has 82 valence electrons. The molecular weight excluding hydrogens is 226 g/mol. The number of guanidine groups is 1. The van der Waals surface area contributed by atoms with E-state index in [1.165, 1.54) is 0 Å². The van der Waals surface area contributed by atoms with E-state index < -0.39 is 0 Å². The van der Waals surface area contributed by atoms with Gasteiger partial charge in [-0.2, -0.15) is 0 Å². The van der Waals surface area contributed by atoms with Gasteiger partial charge in [0.1, 0.15) is 6.04 Å². The summed E-state index contributed by atoms with van der Waals surface area (Å²) >= 11 is 6.12. The Labute approximate surface area is 97.9 Å². The van der Waals surface area contributed by atoms with Gasteiger partial charge in [0.25, 0.3) is 0 Å². The number of nitrogens with one attached hydrogen (secondary N) is 1. The lowest BCUT2D eigenvalue weighted by atomic mass is 10.1. The molecule has 0 spiro atoms. The van der Waals surface area contributed by atoms with Crippen LogP contribution in [0.5, 0.6) is 0 Å². The van der Waals surface area contributed by atoms with Crippen molar-refractivity contribution in [2.45, 2.75) is 19.5 Å². The number of benzene rings is 1. The second-order valence-electron chi connectivity index (χ2n) is 3.97. The highest BCUT2D eigenvalue weighted by molar-refractivity contribution is 6.31. The standard InChI is InChI=1S/C11H10ClN3O/c1-6-10(16)14-11-13-9-4-2-3-8(12)7(9)5-15(6)11/h2-4,6H,5H2,1H3,(H,13,14,16)/t6-/m0/s1. The van der Waals surface area contributed by atoms with E-state index in [1.807, 2.05) is 30.0 Å². The van der Waals surface area contributed by atoms with Gasteiger partial charge in [-0.1, -0.05) is 17.7 Å². The fourth-order valence-corrected chi connectivity index (χ4v) is 2.24. The summed E-state index contributed by atoms with van der Waals surface area (Å²) in [5.41, 5.74) is 1.82. The topological polar surface area (TPSA) is 44.7 Å². The molecule has 0 aliphatic carbocycles. The molecule has 4 nitrogen and oxygen atoms in total. The van der Waals surface area contributed by atoms with Gasteiger partial charge in [0.15, 0.2) is 0 Å². The first-order chi connectivity index (χ1) is 7.66. The molecule has 1 fully saturated rings. The monoisotopic (exact) mass is 235 g/mol. The number of amides is 1. The minimum Gasteiger partial charge on any atom is -0.326 e. The Morgan fingerprint density at radius 3 is 3.19 bits per heavy atom. The number of halogens is 1. The van der Waals surface area contributed by atoms with Crippen LogP contribution in [0.3, 0.4) is 0 Å². The molecular formula is C11H10ClN3O. The van der Waals surface area contributed by atoms with Crippen molar-refractivity contribution in [3.8, 4) is 0 Å². The number of fused-ring (bicyclic) bond motifs is 2. The molecule has 1 atom stereocenters. The van der Waals surface area contributed by atoms with Crippen LogP contribution in [0.15, 0.2) is 23.2 Å². The van der Waals surface area contributed by atoms with Gasteiger partial charge in [-0.05, 0) is 19.1 Å². The molecule has 2 aliphatic rings. The third-order valence-corrected chi connectivity index (χ3v) is 3.36. The Morgan fingerprint density at radius 2 is 2.38 bits per heavy atom. The quantitative estimate of drug-likeness (QED) is 0.743. The number of aliphatic imine (C=N–C) groups is 1. The van der Waals surface area contributed by atoms with Gasteiger partial charge in [0.05, 0.1) is 12.2 Å². The van der Waals surface area contributed by atoms with Crippen LogP contribution in [0.4, 0.5) is 5.69 Å². The summed E-state index contributed by atoms with van der Waals surface area (Å²) in [7, 11) is 0. The van der Waals surface area contributed by atoms with Crippen molar-refractivity contribution in [1.29, 1.82) is 0 Å². The second kappa shape index (κ2) is 3.22. The van der Waals surface area contributed by atoms with Crippen LogP contribution in [0.1, 0.15) is 12.5 Å². The van der Waals surface area contributed by atoms with E-state index in [1.54, 1.807) is 0 Å². The lowest BCUT2D eigenvalue weighted by Crippen LogP contribution is -2.35. The Morgan fingerprint density at radius 1 is 1.56 bits per heavy atom. The summed E-state index contributed by atoms with van der Waals surface area (Å²) < 4.78 is 0. The van der Waals surface area contributed by atoms with Gasteiger partial charge >= 0.3 is 0 Å². The Balaban J connectivity index is 2.11. The van der Waals surface area contributed by atoms with E-state index in [4.69, 9.17) is 11.6 Å². The first kappa shape index (κ1) is 9.66. The van der Waals surface area contributed by atoms with Crippen LogP contribution < -0.4 is 5.32 Å². The SMILES string of the molecule is C[C@H]1C(=O)NC2=Nc3cccc(Cl)c3CN21. The van der Waals surface area contributed by atoms with Gasteiger partial charge < -0.3 is 4.90 Å². The number of rotatable bonds is 0. The fourth-order valence-electron chi connectivity index (χ4n) is 2.01. The summed E-state index contributed by atoms with van der Waals surface area (Å²) in [6, 6.07) is 5.43. The summed E-state index contributed by atoms with van der Waals surface area (Å²) in [6.07, 6.45) is 0. The second-order valence-corrected chi connectivity index (χ2v) is 4.37. The lowest BCUT2D eigenvalue weighted by Gasteiger charge is -2.26. The molecule has 0 aromatic heterocycles. The van der Waals surface area contributed by atoms with Crippen LogP contribution in [0.25, 0.3) is 0 Å². The largest absolute Gasteiger partial charge is 0.326 e. The molecule has 1 aromatic rings. The van der Waals surface area contributed by atoms with Crippen LogP contribution >= 0.6 is 11.6 Å². The molecule has 5 heteroatoms. The van der Waals surface area contributed by atoms with Crippen LogP contribution in [0, 0.1) is 0 Å². The van der Waals surface area contributed by atoms with Gasteiger partial charge in [-0.15, -0.1) is 0 Å². The van der Waals surface area contributed by atoms with Crippen molar-refractivity contribution in [1.82, 2.24) is 10.2 Å². The smallest absolute Gasteiger partial charge is 0.249 e. The van der Waals surface area contributed by atoms with Crippen molar-refractivity contribution in [3.63, 3.8) is 0 Å². The van der Waals surface area contributed by atoms with Crippen LogP contribution in [-0.2, 0) is 11.3 Å². The molecule has 1 aromatic carbocycles. The van der Waals surface area contributed by atoms with Crippen molar-refractivity contribution < 1.29 is 4.79 Å². The van der Waals surface area contributed by atoms with Crippen molar-refractivity contribution >= 4 is 29.2 Å². The third kappa shape index (κ3) is 1.23. The van der Waals surface area contributed by atoms with Gasteiger partial charge in [0.2, 0.25) is 11.9 Å². The van der Waals surface area contributed by atoms with Crippen molar-refractivity contribution in [2.24, 2.45) is 4.99 Å². The van der Waals surface area contributed by atoms with Crippen molar-refractivity contribution in [3.05, 3.63) is 28.8 Å². The molecule has 0 saturated carbocycles. The highest BCUT2D eigenvalue weighted by atomic mass is 35.5. The van der Waals surface area contributed by atoms with E-state index in [2.05, 4.69) is 10.3 Å². The summed E-state index contributed by atoms with van der Waals surface area (Å²) in [5, 5.41) is 3.46. The molecule has 1 N–H and O–H groups in total. The Bertz CT molecular complexity index is 512. The zero-order valence-corrected chi connectivity index (χ0v) is 9.45. The maximum absolute atomic E-state index is 11.5. The highest BCUT2D eigenvalue weighted by Gasteiger charge is 2.36. The molecule has 0 bridgehead atoms. The highest BCUT2D eigenvalue weighted by Crippen LogP contribution is 2.33. The molecule has 1 amide bonds. The predicted octanol–water partition coefficient (Wildman–Crippen LogP) is 1.66.